The number of alkyl halides is 2. The van der Waals surface area contributed by atoms with E-state index in [0.29, 0.717) is 23.6 Å². The summed E-state index contributed by atoms with van der Waals surface area (Å²) in [5.74, 6) is 0.577. The number of hydrogen-bond acceptors (Lipinski definition) is 4. The average Bonchev–Trinajstić information content (AvgIpc) is 2.62. The first kappa shape index (κ1) is 19.5. The summed E-state index contributed by atoms with van der Waals surface area (Å²) >= 11 is 0. The van der Waals surface area contributed by atoms with Gasteiger partial charge in [-0.25, -0.2) is 13.6 Å². The first-order chi connectivity index (χ1) is 12.5. The number of nitrogens with one attached hydrogen (secondary N) is 1. The second kappa shape index (κ2) is 9.03. The number of amides is 1. The number of carbonyl (C=O) groups is 1. The summed E-state index contributed by atoms with van der Waals surface area (Å²) in [7, 11) is 1.25. The zero-order valence-corrected chi connectivity index (χ0v) is 14.8. The molecule has 1 amide bonds. The van der Waals surface area contributed by atoms with E-state index in [1.807, 2.05) is 6.92 Å². The Kier molecular flexibility index (Phi) is 6.77. The highest BCUT2D eigenvalue weighted by Gasteiger charge is 2.17. The Morgan fingerprint density at radius 1 is 1.15 bits per heavy atom. The summed E-state index contributed by atoms with van der Waals surface area (Å²) in [6, 6.07) is 9.67. The number of benzene rings is 2. The molecule has 140 valence electrons. The summed E-state index contributed by atoms with van der Waals surface area (Å²) in [4.78, 5) is 11.5. The number of ether oxygens (including phenoxy) is 3. The molecule has 0 saturated heterocycles. The molecular weight excluding hydrogens is 344 g/mol. The quantitative estimate of drug-likeness (QED) is 0.743. The van der Waals surface area contributed by atoms with Gasteiger partial charge in [-0.15, -0.1) is 0 Å². The Hall–Kier alpha value is -2.83. The van der Waals surface area contributed by atoms with Crippen molar-refractivity contribution in [3.05, 3.63) is 53.1 Å². The van der Waals surface area contributed by atoms with Gasteiger partial charge in [0.2, 0.25) is 0 Å². The van der Waals surface area contributed by atoms with Gasteiger partial charge in [0.25, 0.3) is 6.43 Å². The third kappa shape index (κ3) is 4.84. The van der Waals surface area contributed by atoms with E-state index in [0.717, 1.165) is 5.56 Å². The van der Waals surface area contributed by atoms with Crippen LogP contribution in [0.15, 0.2) is 36.4 Å². The van der Waals surface area contributed by atoms with E-state index >= 15 is 0 Å². The number of halogens is 2. The van der Waals surface area contributed by atoms with Crippen molar-refractivity contribution in [2.45, 2.75) is 26.9 Å². The van der Waals surface area contributed by atoms with Gasteiger partial charge in [0.15, 0.2) is 0 Å². The molecule has 2 rings (SSSR count). The minimum Gasteiger partial charge on any atom is -0.493 e. The lowest BCUT2D eigenvalue weighted by atomic mass is 10.1. The predicted molar refractivity (Wildman–Crippen MR) is 94.1 cm³/mol. The molecule has 0 radical (unpaired) electrons. The SMILES string of the molecule is CCOc1cccc(NC(=O)OC)c1COc1ccc(C)cc1C(F)F. The summed E-state index contributed by atoms with van der Waals surface area (Å²) in [5, 5.41) is 2.57. The van der Waals surface area contributed by atoms with Crippen LogP contribution in [-0.4, -0.2) is 19.8 Å². The van der Waals surface area contributed by atoms with Crippen molar-refractivity contribution in [1.29, 1.82) is 0 Å². The molecule has 26 heavy (non-hydrogen) atoms. The van der Waals surface area contributed by atoms with E-state index in [4.69, 9.17) is 9.47 Å². The topological polar surface area (TPSA) is 56.8 Å². The molecule has 0 bridgehead atoms. The van der Waals surface area contributed by atoms with Crippen molar-refractivity contribution in [2.75, 3.05) is 19.0 Å². The lowest BCUT2D eigenvalue weighted by Gasteiger charge is -2.17. The minimum absolute atomic E-state index is 0.0573. The van der Waals surface area contributed by atoms with Gasteiger partial charge in [-0.05, 0) is 38.1 Å². The maximum absolute atomic E-state index is 13.3. The zero-order chi connectivity index (χ0) is 19.1. The first-order valence-electron chi connectivity index (χ1n) is 8.07. The van der Waals surface area contributed by atoms with Crippen molar-refractivity contribution in [2.24, 2.45) is 0 Å². The molecule has 0 spiro atoms. The molecule has 0 aromatic heterocycles. The summed E-state index contributed by atoms with van der Waals surface area (Å²) in [6.07, 6.45) is -3.30. The van der Waals surface area contributed by atoms with Crippen LogP contribution in [0.5, 0.6) is 11.5 Å². The van der Waals surface area contributed by atoms with Crippen LogP contribution < -0.4 is 14.8 Å². The molecule has 0 heterocycles. The number of methoxy groups -OCH3 is 1. The molecule has 7 heteroatoms. The van der Waals surface area contributed by atoms with E-state index in [1.54, 1.807) is 31.2 Å². The van der Waals surface area contributed by atoms with E-state index in [9.17, 15) is 13.6 Å². The molecule has 2 aromatic rings. The standard InChI is InChI=1S/C19H21F2NO4/c1-4-25-16-7-5-6-15(22-19(23)24-3)14(16)11-26-17-9-8-12(2)10-13(17)18(20)21/h5-10,18H,4,11H2,1-3H3,(H,22,23). The summed E-state index contributed by atoms with van der Waals surface area (Å²) < 4.78 is 42.3. The Morgan fingerprint density at radius 2 is 1.92 bits per heavy atom. The predicted octanol–water partition coefficient (Wildman–Crippen LogP) is 5.09. The first-order valence-corrected chi connectivity index (χ1v) is 8.07. The lowest BCUT2D eigenvalue weighted by molar-refractivity contribution is 0.144. The van der Waals surface area contributed by atoms with Crippen LogP contribution in [-0.2, 0) is 11.3 Å². The number of anilines is 1. The fraction of sp³-hybridized carbons (Fsp3) is 0.316. The molecule has 0 unspecified atom stereocenters. The summed E-state index contributed by atoms with van der Waals surface area (Å²) in [5.41, 5.74) is 1.49. The van der Waals surface area contributed by atoms with E-state index in [-0.39, 0.29) is 17.9 Å². The van der Waals surface area contributed by atoms with Gasteiger partial charge in [0.05, 0.1) is 30.5 Å². The Morgan fingerprint density at radius 3 is 2.58 bits per heavy atom. The molecule has 0 aliphatic heterocycles. The fourth-order valence-corrected chi connectivity index (χ4v) is 2.40. The molecule has 0 saturated carbocycles. The third-order valence-electron chi connectivity index (χ3n) is 3.63. The molecule has 0 fully saturated rings. The van der Waals surface area contributed by atoms with Crippen molar-refractivity contribution in [1.82, 2.24) is 0 Å². The Bertz CT molecular complexity index is 765. The normalized spacial score (nSPS) is 10.5. The van der Waals surface area contributed by atoms with Gasteiger partial charge in [-0.2, -0.15) is 0 Å². The highest BCUT2D eigenvalue weighted by molar-refractivity contribution is 5.86. The smallest absolute Gasteiger partial charge is 0.411 e. The maximum atomic E-state index is 13.3. The van der Waals surface area contributed by atoms with Crippen LogP contribution >= 0.6 is 0 Å². The molecule has 0 aliphatic rings. The van der Waals surface area contributed by atoms with Crippen LogP contribution in [0.1, 0.15) is 30.0 Å². The van der Waals surface area contributed by atoms with E-state index < -0.39 is 12.5 Å². The molecule has 0 atom stereocenters. The second-order valence-electron chi connectivity index (χ2n) is 5.46. The van der Waals surface area contributed by atoms with E-state index in [2.05, 4.69) is 10.1 Å². The van der Waals surface area contributed by atoms with Crippen LogP contribution in [0, 0.1) is 6.92 Å². The summed E-state index contributed by atoms with van der Waals surface area (Å²) in [6.45, 7) is 3.90. The van der Waals surface area contributed by atoms with Crippen LogP contribution in [0.25, 0.3) is 0 Å². The van der Waals surface area contributed by atoms with Gasteiger partial charge < -0.3 is 14.2 Å². The third-order valence-corrected chi connectivity index (χ3v) is 3.63. The van der Waals surface area contributed by atoms with Gasteiger partial charge >= 0.3 is 6.09 Å². The monoisotopic (exact) mass is 365 g/mol. The van der Waals surface area contributed by atoms with Crippen LogP contribution in [0.2, 0.25) is 0 Å². The highest BCUT2D eigenvalue weighted by atomic mass is 19.3. The van der Waals surface area contributed by atoms with Crippen LogP contribution in [0.3, 0.4) is 0 Å². The van der Waals surface area contributed by atoms with Crippen molar-refractivity contribution in [3.8, 4) is 11.5 Å². The zero-order valence-electron chi connectivity index (χ0n) is 14.8. The molecule has 5 nitrogen and oxygen atoms in total. The molecule has 1 N–H and O–H groups in total. The van der Waals surface area contributed by atoms with Gasteiger partial charge in [0, 0.05) is 0 Å². The minimum atomic E-state index is -2.65. The lowest BCUT2D eigenvalue weighted by Crippen LogP contribution is -2.14. The van der Waals surface area contributed by atoms with Gasteiger partial charge in [-0.3, -0.25) is 5.32 Å². The van der Waals surface area contributed by atoms with Gasteiger partial charge in [0.1, 0.15) is 18.1 Å². The number of hydrogen-bond donors (Lipinski definition) is 1. The fourth-order valence-electron chi connectivity index (χ4n) is 2.40. The second-order valence-corrected chi connectivity index (χ2v) is 5.46. The molecule has 2 aromatic carbocycles. The maximum Gasteiger partial charge on any atom is 0.411 e. The molecular formula is C19H21F2NO4. The Labute approximate surface area is 150 Å². The average molecular weight is 365 g/mol. The van der Waals surface area contributed by atoms with Gasteiger partial charge in [-0.1, -0.05) is 17.7 Å². The number of carbonyl (C=O) groups excluding carboxylic acids is 1. The van der Waals surface area contributed by atoms with E-state index in [1.165, 1.54) is 19.2 Å². The van der Waals surface area contributed by atoms with Crippen molar-refractivity contribution >= 4 is 11.8 Å². The molecule has 0 aliphatic carbocycles. The van der Waals surface area contributed by atoms with Crippen LogP contribution in [0.4, 0.5) is 19.3 Å². The number of rotatable bonds is 7. The Balaban J connectivity index is 2.32. The van der Waals surface area contributed by atoms with Crippen molar-refractivity contribution in [3.63, 3.8) is 0 Å². The highest BCUT2D eigenvalue weighted by Crippen LogP contribution is 2.33. The largest absolute Gasteiger partial charge is 0.493 e. The van der Waals surface area contributed by atoms with Crippen molar-refractivity contribution < 1.29 is 27.8 Å². The number of aryl methyl sites for hydroxylation is 1.